The summed E-state index contributed by atoms with van der Waals surface area (Å²) in [5.74, 6) is -1.52. The number of fused-ring (bicyclic) bond motifs is 1. The summed E-state index contributed by atoms with van der Waals surface area (Å²) in [5, 5.41) is 18.6. The number of aliphatic hydroxyl groups is 1. The molecule has 3 N–H and O–H groups in total. The van der Waals surface area contributed by atoms with E-state index < -0.39 is 16.0 Å². The van der Waals surface area contributed by atoms with Crippen molar-refractivity contribution in [1.82, 2.24) is 4.72 Å². The number of nitrogens with one attached hydrogen (secondary N) is 1. The lowest BCUT2D eigenvalue weighted by Crippen LogP contribution is -2.30. The van der Waals surface area contributed by atoms with Gasteiger partial charge in [0, 0.05) is 23.2 Å². The summed E-state index contributed by atoms with van der Waals surface area (Å²) in [4.78, 5) is 10.9. The number of aromatic carboxylic acids is 1. The molecule has 0 aliphatic rings. The van der Waals surface area contributed by atoms with E-state index in [0.29, 0.717) is 10.1 Å². The first-order valence-electron chi connectivity index (χ1n) is 6.22. The minimum Gasteiger partial charge on any atom is -0.477 e. The Bertz CT molecular complexity index is 766. The lowest BCUT2D eigenvalue weighted by Gasteiger charge is -2.10. The molecule has 0 spiro atoms. The second-order valence-corrected chi connectivity index (χ2v) is 7.46. The molecule has 0 bridgehead atoms. The zero-order valence-electron chi connectivity index (χ0n) is 11.2. The zero-order chi connectivity index (χ0) is 15.6. The quantitative estimate of drug-likeness (QED) is 0.745. The van der Waals surface area contributed by atoms with Gasteiger partial charge in [-0.15, -0.1) is 11.3 Å². The third-order valence-corrected chi connectivity index (χ3v) is 5.74. The molecule has 1 aromatic carbocycles. The van der Waals surface area contributed by atoms with Crippen molar-refractivity contribution >= 4 is 37.4 Å². The average molecular weight is 329 g/mol. The van der Waals surface area contributed by atoms with Gasteiger partial charge in [0.15, 0.2) is 0 Å². The molecule has 1 atom stereocenters. The second-order valence-electron chi connectivity index (χ2n) is 4.70. The fourth-order valence-electron chi connectivity index (χ4n) is 1.82. The first-order valence-corrected chi connectivity index (χ1v) is 8.52. The lowest BCUT2D eigenvalue weighted by molar-refractivity contribution is 0.0698. The molecule has 114 valence electrons. The normalized spacial score (nSPS) is 13.4. The highest BCUT2D eigenvalue weighted by Gasteiger charge is 2.28. The summed E-state index contributed by atoms with van der Waals surface area (Å²) in [6, 6.07) is 6.66. The van der Waals surface area contributed by atoms with Crippen LogP contribution in [-0.2, 0) is 10.0 Å². The van der Waals surface area contributed by atoms with Crippen LogP contribution in [0.4, 0.5) is 0 Å². The van der Waals surface area contributed by atoms with Crippen LogP contribution in [-0.4, -0.2) is 37.8 Å². The molecular weight excluding hydrogens is 314 g/mol. The van der Waals surface area contributed by atoms with E-state index >= 15 is 0 Å². The van der Waals surface area contributed by atoms with Crippen molar-refractivity contribution in [2.24, 2.45) is 5.92 Å². The molecule has 0 saturated heterocycles. The van der Waals surface area contributed by atoms with Crippen molar-refractivity contribution in [3.63, 3.8) is 0 Å². The predicted molar refractivity (Wildman–Crippen MR) is 80.2 cm³/mol. The van der Waals surface area contributed by atoms with Crippen molar-refractivity contribution in [2.45, 2.75) is 11.8 Å². The summed E-state index contributed by atoms with van der Waals surface area (Å²) in [6.07, 6.45) is 0. The monoisotopic (exact) mass is 329 g/mol. The van der Waals surface area contributed by atoms with Crippen LogP contribution in [0, 0.1) is 5.92 Å². The van der Waals surface area contributed by atoms with Gasteiger partial charge in [-0.3, -0.25) is 0 Å². The van der Waals surface area contributed by atoms with Gasteiger partial charge in [0.2, 0.25) is 10.0 Å². The topological polar surface area (TPSA) is 104 Å². The van der Waals surface area contributed by atoms with Crippen LogP contribution in [0.3, 0.4) is 0 Å². The standard InChI is InChI=1S/C13H15NO5S2/c1-8(7-15)6-14-21(18,19)12-9-4-2-3-5-10(9)20-11(12)13(16)17/h2-5,8,14-15H,6-7H2,1H3,(H,16,17). The molecule has 0 aliphatic carbocycles. The van der Waals surface area contributed by atoms with Crippen LogP contribution in [0.1, 0.15) is 16.6 Å². The van der Waals surface area contributed by atoms with Crippen LogP contribution in [0.25, 0.3) is 10.1 Å². The summed E-state index contributed by atoms with van der Waals surface area (Å²) >= 11 is 0.931. The van der Waals surface area contributed by atoms with E-state index in [1.807, 2.05) is 0 Å². The molecule has 0 radical (unpaired) electrons. The highest BCUT2D eigenvalue weighted by molar-refractivity contribution is 7.90. The minimum atomic E-state index is -3.96. The van der Waals surface area contributed by atoms with Gasteiger partial charge in [-0.25, -0.2) is 17.9 Å². The van der Waals surface area contributed by atoms with E-state index in [0.717, 1.165) is 11.3 Å². The fraction of sp³-hybridized carbons (Fsp3) is 0.308. The van der Waals surface area contributed by atoms with Crippen LogP contribution in [0.2, 0.25) is 0 Å². The van der Waals surface area contributed by atoms with E-state index in [-0.39, 0.29) is 28.8 Å². The largest absolute Gasteiger partial charge is 0.477 e. The van der Waals surface area contributed by atoms with Crippen molar-refractivity contribution in [3.8, 4) is 0 Å². The lowest BCUT2D eigenvalue weighted by atomic mass is 10.2. The number of thiophene rings is 1. The predicted octanol–water partition coefficient (Wildman–Crippen LogP) is 1.51. The van der Waals surface area contributed by atoms with Crippen LogP contribution >= 0.6 is 11.3 Å². The van der Waals surface area contributed by atoms with Gasteiger partial charge >= 0.3 is 5.97 Å². The molecule has 0 fully saturated rings. The maximum atomic E-state index is 12.4. The molecule has 0 aliphatic heterocycles. The Morgan fingerprint density at radius 1 is 1.38 bits per heavy atom. The van der Waals surface area contributed by atoms with E-state index in [1.165, 1.54) is 0 Å². The van der Waals surface area contributed by atoms with Gasteiger partial charge < -0.3 is 10.2 Å². The number of carbonyl (C=O) groups is 1. The van der Waals surface area contributed by atoms with Gasteiger partial charge in [0.25, 0.3) is 0 Å². The molecule has 6 nitrogen and oxygen atoms in total. The summed E-state index contributed by atoms with van der Waals surface area (Å²) in [5.41, 5.74) is 0. The van der Waals surface area contributed by atoms with Gasteiger partial charge in [-0.2, -0.15) is 0 Å². The summed E-state index contributed by atoms with van der Waals surface area (Å²) < 4.78 is 27.8. The van der Waals surface area contributed by atoms with E-state index in [2.05, 4.69) is 4.72 Å². The van der Waals surface area contributed by atoms with Crippen molar-refractivity contribution in [1.29, 1.82) is 0 Å². The molecule has 1 unspecified atom stereocenters. The molecule has 0 saturated carbocycles. The third-order valence-electron chi connectivity index (χ3n) is 2.95. The number of carboxylic acids is 1. The Labute approximate surface area is 126 Å². The van der Waals surface area contributed by atoms with Gasteiger partial charge in [0.1, 0.15) is 9.77 Å². The van der Waals surface area contributed by atoms with Crippen molar-refractivity contribution in [3.05, 3.63) is 29.1 Å². The SMILES string of the molecule is CC(CO)CNS(=O)(=O)c1c(C(=O)O)sc2ccccc12. The number of carboxylic acid groups (broad SMARTS) is 1. The molecule has 1 heterocycles. The number of benzene rings is 1. The maximum absolute atomic E-state index is 12.4. The molecule has 0 amide bonds. The average Bonchev–Trinajstić information content (AvgIpc) is 2.85. The fourth-order valence-corrected chi connectivity index (χ4v) is 4.72. The number of hydrogen-bond acceptors (Lipinski definition) is 5. The summed E-state index contributed by atoms with van der Waals surface area (Å²) in [6.45, 7) is 1.58. The molecular formula is C13H15NO5S2. The molecule has 2 aromatic rings. The van der Waals surface area contributed by atoms with Crippen molar-refractivity contribution in [2.75, 3.05) is 13.2 Å². The molecule has 1 aromatic heterocycles. The number of rotatable bonds is 6. The van der Waals surface area contributed by atoms with Gasteiger partial charge in [-0.1, -0.05) is 25.1 Å². The zero-order valence-corrected chi connectivity index (χ0v) is 12.9. The van der Waals surface area contributed by atoms with Gasteiger partial charge in [0.05, 0.1) is 0 Å². The Kier molecular flexibility index (Phi) is 4.62. The van der Waals surface area contributed by atoms with E-state index in [9.17, 15) is 18.3 Å². The van der Waals surface area contributed by atoms with Crippen molar-refractivity contribution < 1.29 is 23.4 Å². The highest BCUT2D eigenvalue weighted by atomic mass is 32.2. The summed E-state index contributed by atoms with van der Waals surface area (Å²) in [7, 11) is -3.96. The molecule has 8 heteroatoms. The number of hydrogen-bond donors (Lipinski definition) is 3. The van der Waals surface area contributed by atoms with Crippen LogP contribution in [0.5, 0.6) is 0 Å². The first-order chi connectivity index (χ1) is 9.86. The minimum absolute atomic E-state index is 0.0437. The number of aliphatic hydroxyl groups excluding tert-OH is 1. The second kappa shape index (κ2) is 6.10. The molecule has 21 heavy (non-hydrogen) atoms. The number of sulfonamides is 1. The Morgan fingerprint density at radius 3 is 2.67 bits per heavy atom. The Hall–Kier alpha value is -1.48. The van der Waals surface area contributed by atoms with Crippen LogP contribution in [0.15, 0.2) is 29.2 Å². The Morgan fingerprint density at radius 2 is 2.05 bits per heavy atom. The Balaban J connectivity index is 2.53. The smallest absolute Gasteiger partial charge is 0.347 e. The van der Waals surface area contributed by atoms with Gasteiger partial charge in [-0.05, 0) is 12.0 Å². The molecule has 2 rings (SSSR count). The van der Waals surface area contributed by atoms with E-state index in [1.54, 1.807) is 31.2 Å². The highest BCUT2D eigenvalue weighted by Crippen LogP contribution is 2.34. The third kappa shape index (κ3) is 3.24. The van der Waals surface area contributed by atoms with E-state index in [4.69, 9.17) is 5.11 Å². The van der Waals surface area contributed by atoms with Crippen LogP contribution < -0.4 is 4.72 Å². The first kappa shape index (κ1) is 15.9. The maximum Gasteiger partial charge on any atom is 0.347 e.